The van der Waals surface area contributed by atoms with E-state index in [0.717, 1.165) is 5.75 Å². The lowest BCUT2D eigenvalue weighted by Gasteiger charge is -2.32. The van der Waals surface area contributed by atoms with Gasteiger partial charge < -0.3 is 0 Å². The Hall–Kier alpha value is -0.950. The topological polar surface area (TPSA) is 0 Å². The highest BCUT2D eigenvalue weighted by Gasteiger charge is 2.26. The first kappa shape index (κ1) is 18.1. The van der Waals surface area contributed by atoms with Crippen molar-refractivity contribution in [1.82, 2.24) is 0 Å². The third kappa shape index (κ3) is 6.13. The van der Waals surface area contributed by atoms with Crippen LogP contribution in [0.5, 0.6) is 0 Å². The van der Waals surface area contributed by atoms with Gasteiger partial charge in [0.15, 0.2) is 0 Å². The summed E-state index contributed by atoms with van der Waals surface area (Å²) in [7, 11) is 0. The SMILES string of the molecule is CC1=C(/C=C/C(C)=C/C=C/C(C)=C/CS)C(C)(C)CCC1. The van der Waals surface area contributed by atoms with Crippen molar-refractivity contribution in [1.29, 1.82) is 0 Å². The Kier molecular flexibility index (Phi) is 7.31. The molecule has 0 aromatic carbocycles. The van der Waals surface area contributed by atoms with Gasteiger partial charge in [0.1, 0.15) is 0 Å². The Labute approximate surface area is 136 Å². The van der Waals surface area contributed by atoms with Gasteiger partial charge in [-0.1, -0.05) is 67.0 Å². The van der Waals surface area contributed by atoms with Crippen molar-refractivity contribution in [2.75, 3.05) is 5.75 Å². The Morgan fingerprint density at radius 1 is 1.19 bits per heavy atom. The van der Waals surface area contributed by atoms with Crippen molar-refractivity contribution in [2.24, 2.45) is 5.41 Å². The van der Waals surface area contributed by atoms with Crippen molar-refractivity contribution >= 4 is 12.6 Å². The first-order chi connectivity index (χ1) is 9.86. The molecule has 0 saturated carbocycles. The molecule has 21 heavy (non-hydrogen) atoms. The van der Waals surface area contributed by atoms with Crippen LogP contribution in [0.3, 0.4) is 0 Å². The van der Waals surface area contributed by atoms with E-state index < -0.39 is 0 Å². The van der Waals surface area contributed by atoms with Crippen LogP contribution in [0.1, 0.15) is 53.9 Å². The molecule has 0 aliphatic heterocycles. The van der Waals surface area contributed by atoms with E-state index in [1.807, 2.05) is 0 Å². The van der Waals surface area contributed by atoms with Crippen LogP contribution in [0.15, 0.2) is 58.7 Å². The van der Waals surface area contributed by atoms with E-state index in [4.69, 9.17) is 0 Å². The summed E-state index contributed by atoms with van der Waals surface area (Å²) in [5.74, 6) is 0.793. The molecule has 0 radical (unpaired) electrons. The summed E-state index contributed by atoms with van der Waals surface area (Å²) < 4.78 is 0. The molecule has 0 amide bonds. The van der Waals surface area contributed by atoms with Gasteiger partial charge in [0.2, 0.25) is 0 Å². The maximum atomic E-state index is 4.20. The van der Waals surface area contributed by atoms with Crippen LogP contribution in [0.2, 0.25) is 0 Å². The average molecular weight is 303 g/mol. The van der Waals surface area contributed by atoms with Gasteiger partial charge in [-0.3, -0.25) is 0 Å². The van der Waals surface area contributed by atoms with Gasteiger partial charge in [0, 0.05) is 5.75 Å². The van der Waals surface area contributed by atoms with Gasteiger partial charge in [0.25, 0.3) is 0 Å². The molecule has 0 aromatic rings. The molecule has 1 rings (SSSR count). The van der Waals surface area contributed by atoms with Crippen LogP contribution < -0.4 is 0 Å². The Morgan fingerprint density at radius 3 is 2.52 bits per heavy atom. The van der Waals surface area contributed by atoms with E-state index >= 15 is 0 Å². The zero-order valence-corrected chi connectivity index (χ0v) is 15.1. The van der Waals surface area contributed by atoms with Gasteiger partial charge in [-0.25, -0.2) is 0 Å². The van der Waals surface area contributed by atoms with Crippen molar-refractivity contribution < 1.29 is 0 Å². The molecule has 0 bridgehead atoms. The molecule has 0 heterocycles. The fraction of sp³-hybridized carbons (Fsp3) is 0.500. The Balaban J connectivity index is 2.78. The van der Waals surface area contributed by atoms with E-state index in [1.54, 1.807) is 5.57 Å². The summed E-state index contributed by atoms with van der Waals surface area (Å²) in [6.45, 7) is 11.3. The van der Waals surface area contributed by atoms with Gasteiger partial charge in [-0.05, 0) is 51.0 Å². The third-order valence-electron chi connectivity index (χ3n) is 4.19. The summed E-state index contributed by atoms with van der Waals surface area (Å²) >= 11 is 4.20. The van der Waals surface area contributed by atoms with Crippen LogP contribution >= 0.6 is 12.6 Å². The van der Waals surface area contributed by atoms with E-state index in [0.29, 0.717) is 5.41 Å². The molecule has 0 spiro atoms. The number of rotatable bonds is 5. The van der Waals surface area contributed by atoms with Crippen LogP contribution in [0, 0.1) is 5.41 Å². The Morgan fingerprint density at radius 2 is 1.90 bits per heavy atom. The molecule has 0 unspecified atom stereocenters. The van der Waals surface area contributed by atoms with Gasteiger partial charge in [-0.2, -0.15) is 12.6 Å². The first-order valence-electron chi connectivity index (χ1n) is 7.87. The molecule has 0 aromatic heterocycles. The van der Waals surface area contributed by atoms with Crippen molar-refractivity contribution in [3.8, 4) is 0 Å². The maximum Gasteiger partial charge on any atom is 0.00882 e. The zero-order valence-electron chi connectivity index (χ0n) is 14.2. The number of hydrogen-bond acceptors (Lipinski definition) is 1. The summed E-state index contributed by atoms with van der Waals surface area (Å²) in [6.07, 6.45) is 16.9. The number of hydrogen-bond donors (Lipinski definition) is 1. The third-order valence-corrected chi connectivity index (χ3v) is 4.37. The van der Waals surface area contributed by atoms with Gasteiger partial charge in [-0.15, -0.1) is 0 Å². The van der Waals surface area contributed by atoms with Gasteiger partial charge in [0.05, 0.1) is 0 Å². The first-order valence-corrected chi connectivity index (χ1v) is 8.51. The van der Waals surface area contributed by atoms with Crippen molar-refractivity contribution in [2.45, 2.75) is 53.9 Å². The van der Waals surface area contributed by atoms with Crippen molar-refractivity contribution in [3.05, 3.63) is 58.7 Å². The molecule has 0 atom stereocenters. The van der Waals surface area contributed by atoms with E-state index in [1.165, 1.54) is 36.0 Å². The lowest BCUT2D eigenvalue weighted by Crippen LogP contribution is -2.19. The second kappa shape index (κ2) is 8.48. The summed E-state index contributed by atoms with van der Waals surface area (Å²) in [6, 6.07) is 0. The molecule has 0 nitrogen and oxygen atoms in total. The predicted octanol–water partition coefficient (Wildman–Crippen LogP) is 6.45. The molecular formula is C20H30S. The van der Waals surface area contributed by atoms with Crippen LogP contribution in [-0.2, 0) is 0 Å². The molecule has 0 saturated heterocycles. The van der Waals surface area contributed by atoms with E-state index in [-0.39, 0.29) is 0 Å². The van der Waals surface area contributed by atoms with Crippen molar-refractivity contribution in [3.63, 3.8) is 0 Å². The number of thiol groups is 1. The minimum Gasteiger partial charge on any atom is -0.175 e. The van der Waals surface area contributed by atoms with Gasteiger partial charge >= 0.3 is 0 Å². The lowest BCUT2D eigenvalue weighted by molar-refractivity contribution is 0.377. The lowest BCUT2D eigenvalue weighted by atomic mass is 9.72. The molecule has 116 valence electrons. The minimum atomic E-state index is 0.320. The smallest absolute Gasteiger partial charge is 0.00882 e. The van der Waals surface area contributed by atoms with E-state index in [9.17, 15) is 0 Å². The second-order valence-corrected chi connectivity index (χ2v) is 7.03. The monoisotopic (exact) mass is 302 g/mol. The fourth-order valence-electron chi connectivity index (χ4n) is 2.84. The van der Waals surface area contributed by atoms with Crippen LogP contribution in [0.4, 0.5) is 0 Å². The summed E-state index contributed by atoms with van der Waals surface area (Å²) in [4.78, 5) is 0. The molecule has 1 aliphatic rings. The second-order valence-electron chi connectivity index (χ2n) is 6.67. The van der Waals surface area contributed by atoms with Crippen LogP contribution in [-0.4, -0.2) is 5.75 Å². The zero-order chi connectivity index (χ0) is 15.9. The number of allylic oxidation sites excluding steroid dienone is 9. The van der Waals surface area contributed by atoms with E-state index in [2.05, 4.69) is 83.7 Å². The highest BCUT2D eigenvalue weighted by atomic mass is 32.1. The maximum absolute atomic E-state index is 4.20. The average Bonchev–Trinajstić information content (AvgIpc) is 2.37. The summed E-state index contributed by atoms with van der Waals surface area (Å²) in [5.41, 5.74) is 5.94. The molecule has 1 aliphatic carbocycles. The molecule has 0 fully saturated rings. The molecular weight excluding hydrogens is 272 g/mol. The predicted molar refractivity (Wildman–Crippen MR) is 100.0 cm³/mol. The standard InChI is InChI=1S/C20H30S/c1-16(8-6-9-17(2)13-15-21)11-12-19-18(3)10-7-14-20(19,4)5/h6,8-9,11-13,21H,7,10,14-15H2,1-5H3/b9-6+,12-11+,16-8+,17-13+. The molecule has 0 N–H and O–H groups in total. The minimum absolute atomic E-state index is 0.320. The normalized spacial score (nSPS) is 20.9. The fourth-order valence-corrected chi connectivity index (χ4v) is 3.13. The summed E-state index contributed by atoms with van der Waals surface area (Å²) in [5, 5.41) is 0. The Bertz CT molecular complexity index is 496. The highest BCUT2D eigenvalue weighted by molar-refractivity contribution is 7.80. The highest BCUT2D eigenvalue weighted by Crippen LogP contribution is 2.40. The largest absolute Gasteiger partial charge is 0.175 e. The van der Waals surface area contributed by atoms with Crippen LogP contribution in [0.25, 0.3) is 0 Å². The molecule has 1 heteroatoms. The quantitative estimate of drug-likeness (QED) is 0.438.